The van der Waals surface area contributed by atoms with E-state index in [9.17, 15) is 4.79 Å². The average Bonchev–Trinajstić information content (AvgIpc) is 3.02. The number of benzene rings is 1. The third kappa shape index (κ3) is 3.04. The van der Waals surface area contributed by atoms with Crippen molar-refractivity contribution < 1.29 is 4.79 Å². The lowest BCUT2D eigenvalue weighted by atomic mass is 10.1. The maximum atomic E-state index is 12.3. The van der Waals surface area contributed by atoms with Gasteiger partial charge in [0.2, 0.25) is 0 Å². The number of thiazole rings is 1. The van der Waals surface area contributed by atoms with Crippen LogP contribution in [-0.4, -0.2) is 15.9 Å². The number of aryl methyl sites for hydroxylation is 2. The molecule has 0 aliphatic rings. The first-order valence-corrected chi connectivity index (χ1v) is 7.76. The molecule has 110 valence electrons. The Morgan fingerprint density at radius 2 is 1.91 bits per heavy atom. The van der Waals surface area contributed by atoms with E-state index in [1.54, 1.807) is 17.8 Å². The van der Waals surface area contributed by atoms with Crippen molar-refractivity contribution in [2.45, 2.75) is 13.8 Å². The summed E-state index contributed by atoms with van der Waals surface area (Å²) in [5.74, 6) is -0.190. The first-order valence-electron chi connectivity index (χ1n) is 6.88. The van der Waals surface area contributed by atoms with Crippen molar-refractivity contribution in [2.75, 3.05) is 5.32 Å². The molecule has 0 atom stereocenters. The number of hydrogen-bond donors (Lipinski definition) is 1. The highest BCUT2D eigenvalue weighted by Crippen LogP contribution is 2.24. The molecular formula is C17H15N3OS. The molecule has 0 saturated heterocycles. The van der Waals surface area contributed by atoms with Crippen LogP contribution in [0.25, 0.3) is 10.6 Å². The van der Waals surface area contributed by atoms with Gasteiger partial charge in [0.1, 0.15) is 10.7 Å². The summed E-state index contributed by atoms with van der Waals surface area (Å²) < 4.78 is 0. The summed E-state index contributed by atoms with van der Waals surface area (Å²) in [6.07, 6.45) is 3.43. The molecule has 5 heteroatoms. The third-order valence-corrected chi connectivity index (χ3v) is 4.20. The molecule has 4 nitrogen and oxygen atoms in total. The van der Waals surface area contributed by atoms with E-state index in [2.05, 4.69) is 15.3 Å². The van der Waals surface area contributed by atoms with E-state index in [1.807, 2.05) is 44.2 Å². The highest BCUT2D eigenvalue weighted by Gasteiger charge is 2.13. The van der Waals surface area contributed by atoms with Gasteiger partial charge in [0.05, 0.1) is 0 Å². The summed E-state index contributed by atoms with van der Waals surface area (Å²) in [5, 5.41) is 5.51. The van der Waals surface area contributed by atoms with Crippen LogP contribution in [0.1, 0.15) is 21.6 Å². The van der Waals surface area contributed by atoms with Crippen LogP contribution in [0.5, 0.6) is 0 Å². The Morgan fingerprint density at radius 3 is 2.68 bits per heavy atom. The third-order valence-electron chi connectivity index (χ3n) is 3.31. The molecule has 3 aromatic rings. The second-order valence-corrected chi connectivity index (χ2v) is 5.90. The van der Waals surface area contributed by atoms with Crippen molar-refractivity contribution in [3.63, 3.8) is 0 Å². The van der Waals surface area contributed by atoms with Crippen LogP contribution < -0.4 is 5.32 Å². The highest BCUT2D eigenvalue weighted by molar-refractivity contribution is 7.13. The van der Waals surface area contributed by atoms with Crippen molar-refractivity contribution in [3.05, 3.63) is 64.9 Å². The van der Waals surface area contributed by atoms with Gasteiger partial charge in [-0.25, -0.2) is 4.98 Å². The topological polar surface area (TPSA) is 54.9 Å². The summed E-state index contributed by atoms with van der Waals surface area (Å²) in [6.45, 7) is 3.97. The van der Waals surface area contributed by atoms with Crippen molar-refractivity contribution in [1.29, 1.82) is 0 Å². The molecule has 0 radical (unpaired) electrons. The molecular weight excluding hydrogens is 294 g/mol. The zero-order chi connectivity index (χ0) is 15.5. The number of nitrogens with zero attached hydrogens (tertiary/aromatic N) is 2. The number of pyridine rings is 1. The Hall–Kier alpha value is -2.53. The van der Waals surface area contributed by atoms with Crippen molar-refractivity contribution in [1.82, 2.24) is 9.97 Å². The average molecular weight is 309 g/mol. The molecule has 1 amide bonds. The minimum absolute atomic E-state index is 0.190. The lowest BCUT2D eigenvalue weighted by Gasteiger charge is -2.07. The van der Waals surface area contributed by atoms with Gasteiger partial charge >= 0.3 is 0 Å². The number of amides is 1. The fourth-order valence-corrected chi connectivity index (χ4v) is 2.87. The first-order chi connectivity index (χ1) is 10.6. The zero-order valence-electron chi connectivity index (χ0n) is 12.3. The van der Waals surface area contributed by atoms with Crippen molar-refractivity contribution >= 4 is 22.9 Å². The molecule has 0 saturated carbocycles. The number of aromatic nitrogens is 2. The van der Waals surface area contributed by atoms with Crippen LogP contribution in [-0.2, 0) is 0 Å². The van der Waals surface area contributed by atoms with Crippen LogP contribution in [0.3, 0.4) is 0 Å². The molecule has 0 fully saturated rings. The van der Waals surface area contributed by atoms with Crippen LogP contribution in [0.15, 0.2) is 48.1 Å². The number of nitrogens with one attached hydrogen (secondary N) is 1. The second kappa shape index (κ2) is 6.07. The maximum Gasteiger partial charge on any atom is 0.275 e. The molecule has 3 rings (SSSR count). The van der Waals surface area contributed by atoms with Gasteiger partial charge in [-0.15, -0.1) is 11.3 Å². The largest absolute Gasteiger partial charge is 0.320 e. The van der Waals surface area contributed by atoms with E-state index >= 15 is 0 Å². The van der Waals surface area contributed by atoms with E-state index in [-0.39, 0.29) is 5.91 Å². The molecule has 1 aromatic carbocycles. The van der Waals surface area contributed by atoms with E-state index < -0.39 is 0 Å². The summed E-state index contributed by atoms with van der Waals surface area (Å²) in [7, 11) is 0. The van der Waals surface area contributed by atoms with Gasteiger partial charge in [-0.1, -0.05) is 12.1 Å². The second-order valence-electron chi connectivity index (χ2n) is 5.05. The highest BCUT2D eigenvalue weighted by atomic mass is 32.1. The number of rotatable bonds is 3. The minimum Gasteiger partial charge on any atom is -0.320 e. The predicted molar refractivity (Wildman–Crippen MR) is 89.2 cm³/mol. The van der Waals surface area contributed by atoms with E-state index in [0.29, 0.717) is 5.69 Å². The minimum atomic E-state index is -0.190. The standard InChI is InChI=1S/C17H15N3OS/c1-11-3-4-12(2)14(9-11)19-16(21)15-10-22-17(20-15)13-5-7-18-8-6-13/h3-10H,1-2H3,(H,19,21). The maximum absolute atomic E-state index is 12.3. The SMILES string of the molecule is Cc1ccc(C)c(NC(=O)c2csc(-c3ccncc3)n2)c1. The Balaban J connectivity index is 1.81. The van der Waals surface area contributed by atoms with Gasteiger partial charge < -0.3 is 5.32 Å². The van der Waals surface area contributed by atoms with Gasteiger partial charge in [0.25, 0.3) is 5.91 Å². The lowest BCUT2D eigenvalue weighted by molar-refractivity contribution is 0.102. The fraction of sp³-hybridized carbons (Fsp3) is 0.118. The summed E-state index contributed by atoms with van der Waals surface area (Å²) in [4.78, 5) is 20.7. The Labute approximate surface area is 132 Å². The number of hydrogen-bond acceptors (Lipinski definition) is 4. The van der Waals surface area contributed by atoms with E-state index in [0.717, 1.165) is 27.4 Å². The fourth-order valence-electron chi connectivity index (χ4n) is 2.06. The Kier molecular flexibility index (Phi) is 3.98. The van der Waals surface area contributed by atoms with Crippen molar-refractivity contribution in [2.24, 2.45) is 0 Å². The molecule has 0 bridgehead atoms. The molecule has 22 heavy (non-hydrogen) atoms. The molecule has 1 N–H and O–H groups in total. The number of carbonyl (C=O) groups is 1. The monoisotopic (exact) mass is 309 g/mol. The normalized spacial score (nSPS) is 10.5. The van der Waals surface area contributed by atoms with Crippen LogP contribution in [0.2, 0.25) is 0 Å². The van der Waals surface area contributed by atoms with Crippen LogP contribution in [0, 0.1) is 13.8 Å². The van der Waals surface area contributed by atoms with Gasteiger partial charge in [-0.2, -0.15) is 0 Å². The van der Waals surface area contributed by atoms with Gasteiger partial charge in [0, 0.05) is 29.0 Å². The van der Waals surface area contributed by atoms with Gasteiger partial charge in [-0.3, -0.25) is 9.78 Å². The number of anilines is 1. The quantitative estimate of drug-likeness (QED) is 0.793. The van der Waals surface area contributed by atoms with Gasteiger partial charge in [-0.05, 0) is 43.2 Å². The van der Waals surface area contributed by atoms with Crippen LogP contribution in [0.4, 0.5) is 5.69 Å². The molecule has 0 unspecified atom stereocenters. The van der Waals surface area contributed by atoms with Gasteiger partial charge in [0.15, 0.2) is 0 Å². The molecule has 2 aromatic heterocycles. The summed E-state index contributed by atoms with van der Waals surface area (Å²) in [5.41, 5.74) is 4.35. The van der Waals surface area contributed by atoms with E-state index in [1.165, 1.54) is 11.3 Å². The van der Waals surface area contributed by atoms with Crippen molar-refractivity contribution in [3.8, 4) is 10.6 Å². The summed E-state index contributed by atoms with van der Waals surface area (Å²) >= 11 is 1.45. The first kappa shape index (κ1) is 14.4. The summed E-state index contributed by atoms with van der Waals surface area (Å²) in [6, 6.07) is 9.74. The zero-order valence-corrected chi connectivity index (χ0v) is 13.1. The molecule has 0 aliphatic carbocycles. The Morgan fingerprint density at radius 1 is 1.14 bits per heavy atom. The molecule has 0 aliphatic heterocycles. The lowest BCUT2D eigenvalue weighted by Crippen LogP contribution is -2.13. The van der Waals surface area contributed by atoms with E-state index in [4.69, 9.17) is 0 Å². The number of carbonyl (C=O) groups excluding carboxylic acids is 1. The smallest absolute Gasteiger partial charge is 0.275 e. The molecule has 0 spiro atoms. The Bertz CT molecular complexity index is 812. The van der Waals surface area contributed by atoms with Crippen LogP contribution >= 0.6 is 11.3 Å². The molecule has 2 heterocycles. The predicted octanol–water partition coefficient (Wildman–Crippen LogP) is 4.07.